The van der Waals surface area contributed by atoms with E-state index in [4.69, 9.17) is 39.5 Å². The van der Waals surface area contributed by atoms with Crippen LogP contribution < -0.4 is 5.32 Å². The van der Waals surface area contributed by atoms with Gasteiger partial charge in [-0.2, -0.15) is 0 Å². The van der Waals surface area contributed by atoms with Crippen molar-refractivity contribution >= 4 is 40.5 Å². The highest BCUT2D eigenvalue weighted by Gasteiger charge is 2.33. The zero-order chi connectivity index (χ0) is 12.0. The number of ether oxygens (including phenoxy) is 1. The van der Waals surface area contributed by atoms with Crippen LogP contribution >= 0.6 is 34.8 Å². The minimum absolute atomic E-state index is 0.540. The van der Waals surface area contributed by atoms with Gasteiger partial charge < -0.3 is 10.1 Å². The molecule has 16 heavy (non-hydrogen) atoms. The molecule has 0 fully saturated rings. The maximum absolute atomic E-state index is 5.83. The lowest BCUT2D eigenvalue weighted by atomic mass is 10.3. The fraction of sp³-hybridized carbons (Fsp3) is 0.455. The number of halogens is 3. The number of hydrogen-bond donors (Lipinski definition) is 1. The van der Waals surface area contributed by atoms with Crippen LogP contribution in [-0.2, 0) is 4.74 Å². The third kappa shape index (κ3) is 4.79. The Hall–Kier alpha value is -0.150. The van der Waals surface area contributed by atoms with Crippen LogP contribution in [0, 0.1) is 0 Å². The summed E-state index contributed by atoms with van der Waals surface area (Å²) in [6.07, 6.45) is 0.216. The van der Waals surface area contributed by atoms with E-state index in [2.05, 4.69) is 5.32 Å². The summed E-state index contributed by atoms with van der Waals surface area (Å²) in [5.41, 5.74) is 0.856. The molecule has 0 saturated carbocycles. The lowest BCUT2D eigenvalue weighted by molar-refractivity contribution is 0.0753. The van der Waals surface area contributed by atoms with Crippen molar-refractivity contribution in [1.29, 1.82) is 0 Å². The molecule has 2 nitrogen and oxygen atoms in total. The zero-order valence-corrected chi connectivity index (χ0v) is 11.2. The Bertz CT molecular complexity index is 300. The van der Waals surface area contributed by atoms with Crippen LogP contribution in [0.1, 0.15) is 13.3 Å². The lowest BCUT2D eigenvalue weighted by Gasteiger charge is -2.26. The van der Waals surface area contributed by atoms with E-state index < -0.39 is 10.0 Å². The first-order chi connectivity index (χ1) is 7.54. The molecule has 0 aromatic heterocycles. The molecule has 0 heterocycles. The van der Waals surface area contributed by atoms with Crippen LogP contribution in [0.2, 0.25) is 0 Å². The Kier molecular flexibility index (Phi) is 5.70. The van der Waals surface area contributed by atoms with E-state index in [1.165, 1.54) is 0 Å². The Morgan fingerprint density at radius 2 is 1.88 bits per heavy atom. The van der Waals surface area contributed by atoms with Gasteiger partial charge in [-0.1, -0.05) is 59.9 Å². The fourth-order valence-electron chi connectivity index (χ4n) is 1.14. The van der Waals surface area contributed by atoms with Crippen molar-refractivity contribution < 1.29 is 4.74 Å². The van der Waals surface area contributed by atoms with Crippen LogP contribution in [0.3, 0.4) is 0 Å². The first kappa shape index (κ1) is 13.9. The van der Waals surface area contributed by atoms with Crippen molar-refractivity contribution in [3.63, 3.8) is 0 Å². The maximum atomic E-state index is 5.83. The number of rotatable bonds is 5. The highest BCUT2D eigenvalue weighted by atomic mass is 35.6. The topological polar surface area (TPSA) is 21.3 Å². The molecule has 0 radical (unpaired) electrons. The van der Waals surface area contributed by atoms with Crippen LogP contribution in [0.5, 0.6) is 0 Å². The molecule has 0 saturated heterocycles. The van der Waals surface area contributed by atoms with Crippen molar-refractivity contribution in [2.75, 3.05) is 11.9 Å². The summed E-state index contributed by atoms with van der Waals surface area (Å²) in [7, 11) is 0. The summed E-state index contributed by atoms with van der Waals surface area (Å²) < 4.78 is 3.96. The first-order valence-electron chi connectivity index (χ1n) is 5.04. The normalized spacial score (nSPS) is 13.5. The zero-order valence-electron chi connectivity index (χ0n) is 8.92. The fourth-order valence-corrected chi connectivity index (χ4v) is 1.49. The van der Waals surface area contributed by atoms with Gasteiger partial charge in [-0.15, -0.1) is 0 Å². The molecule has 0 aliphatic carbocycles. The quantitative estimate of drug-likeness (QED) is 0.645. The van der Waals surface area contributed by atoms with E-state index in [1.54, 1.807) is 0 Å². The van der Waals surface area contributed by atoms with Crippen molar-refractivity contribution in [2.24, 2.45) is 0 Å². The molecule has 5 heteroatoms. The smallest absolute Gasteiger partial charge is 0.234 e. The summed E-state index contributed by atoms with van der Waals surface area (Å²) >= 11 is 17.5. The maximum Gasteiger partial charge on any atom is 0.234 e. The molecular formula is C11H14Cl3NO. The molecule has 1 N–H and O–H groups in total. The van der Waals surface area contributed by atoms with E-state index in [9.17, 15) is 0 Å². The number of alkyl halides is 3. The van der Waals surface area contributed by atoms with Gasteiger partial charge in [0.1, 0.15) is 0 Å². The standard InChI is InChI=1S/C11H14Cl3NO/c1-2-8-16-10(11(12,13)14)15-9-6-4-3-5-7-9/h3-7,10,15H,2,8H2,1H3. The molecule has 0 aliphatic heterocycles. The second-order valence-corrected chi connectivity index (χ2v) is 5.67. The van der Waals surface area contributed by atoms with Gasteiger partial charge in [0.25, 0.3) is 0 Å². The van der Waals surface area contributed by atoms with Crippen LogP contribution in [0.15, 0.2) is 30.3 Å². The third-order valence-corrected chi connectivity index (χ3v) is 2.45. The molecule has 1 atom stereocenters. The molecule has 1 rings (SSSR count). The summed E-state index contributed by atoms with van der Waals surface area (Å²) in [5.74, 6) is 0. The summed E-state index contributed by atoms with van der Waals surface area (Å²) in [6.45, 7) is 2.54. The largest absolute Gasteiger partial charge is 0.357 e. The van der Waals surface area contributed by atoms with Crippen molar-refractivity contribution in [1.82, 2.24) is 0 Å². The third-order valence-electron chi connectivity index (χ3n) is 1.86. The van der Waals surface area contributed by atoms with Crippen molar-refractivity contribution in [3.8, 4) is 0 Å². The Balaban J connectivity index is 2.64. The second kappa shape index (κ2) is 6.55. The molecule has 0 amide bonds. The lowest BCUT2D eigenvalue weighted by Crippen LogP contribution is -2.36. The number of nitrogens with one attached hydrogen (secondary N) is 1. The predicted molar refractivity (Wildman–Crippen MR) is 70.4 cm³/mol. The van der Waals surface area contributed by atoms with Gasteiger partial charge >= 0.3 is 0 Å². The van der Waals surface area contributed by atoms with Crippen LogP contribution in [0.25, 0.3) is 0 Å². The molecular weight excluding hydrogens is 268 g/mol. The predicted octanol–water partition coefficient (Wildman–Crippen LogP) is 4.22. The molecule has 0 bridgehead atoms. The first-order valence-corrected chi connectivity index (χ1v) is 6.17. The van der Waals surface area contributed by atoms with Gasteiger partial charge in [0.05, 0.1) is 0 Å². The van der Waals surface area contributed by atoms with Gasteiger partial charge in [-0.05, 0) is 18.6 Å². The minimum atomic E-state index is -1.50. The summed E-state index contributed by atoms with van der Waals surface area (Å²) in [5, 5.41) is 3.04. The van der Waals surface area contributed by atoms with Gasteiger partial charge in [-0.25, -0.2) is 0 Å². The highest BCUT2D eigenvalue weighted by Crippen LogP contribution is 2.32. The highest BCUT2D eigenvalue weighted by molar-refractivity contribution is 6.68. The molecule has 90 valence electrons. The monoisotopic (exact) mass is 281 g/mol. The van der Waals surface area contributed by atoms with E-state index in [0.29, 0.717) is 6.61 Å². The molecule has 1 unspecified atom stereocenters. The Labute approximate surface area is 111 Å². The van der Waals surface area contributed by atoms with E-state index >= 15 is 0 Å². The van der Waals surface area contributed by atoms with Gasteiger partial charge in [-0.3, -0.25) is 0 Å². The van der Waals surface area contributed by atoms with Gasteiger partial charge in [0, 0.05) is 12.3 Å². The van der Waals surface area contributed by atoms with Crippen molar-refractivity contribution in [3.05, 3.63) is 30.3 Å². The number of hydrogen-bond acceptors (Lipinski definition) is 2. The number of benzene rings is 1. The van der Waals surface area contributed by atoms with E-state index in [-0.39, 0.29) is 0 Å². The molecule has 0 spiro atoms. The van der Waals surface area contributed by atoms with Gasteiger partial charge in [0.2, 0.25) is 3.79 Å². The van der Waals surface area contributed by atoms with E-state index in [0.717, 1.165) is 12.1 Å². The van der Waals surface area contributed by atoms with Crippen molar-refractivity contribution in [2.45, 2.75) is 23.4 Å². The van der Waals surface area contributed by atoms with Crippen LogP contribution in [-0.4, -0.2) is 16.6 Å². The Morgan fingerprint density at radius 3 is 2.38 bits per heavy atom. The van der Waals surface area contributed by atoms with Gasteiger partial charge in [0.15, 0.2) is 6.23 Å². The number of para-hydroxylation sites is 1. The average Bonchev–Trinajstić information content (AvgIpc) is 2.24. The second-order valence-electron chi connectivity index (χ2n) is 3.30. The summed E-state index contributed by atoms with van der Waals surface area (Å²) in [4.78, 5) is 0. The minimum Gasteiger partial charge on any atom is -0.357 e. The summed E-state index contributed by atoms with van der Waals surface area (Å²) in [6, 6.07) is 9.50. The SMILES string of the molecule is CCCOC(Nc1ccccc1)C(Cl)(Cl)Cl. The average molecular weight is 283 g/mol. The van der Waals surface area contributed by atoms with Crippen LogP contribution in [0.4, 0.5) is 5.69 Å². The molecule has 0 aliphatic rings. The Morgan fingerprint density at radius 1 is 1.25 bits per heavy atom. The molecule has 1 aromatic carbocycles. The number of anilines is 1. The molecule has 1 aromatic rings. The van der Waals surface area contributed by atoms with E-state index in [1.807, 2.05) is 37.3 Å².